The highest BCUT2D eigenvalue weighted by Crippen LogP contribution is 2.20. The Labute approximate surface area is 137 Å². The number of hydrogen-bond acceptors (Lipinski definition) is 5. The summed E-state index contributed by atoms with van der Waals surface area (Å²) in [6.07, 6.45) is 5.62. The average molecular weight is 313 g/mol. The fourth-order valence-corrected chi connectivity index (χ4v) is 2.99. The molecule has 2 atom stereocenters. The topological polar surface area (TPSA) is 58.5 Å². The molecule has 1 aliphatic rings. The summed E-state index contributed by atoms with van der Waals surface area (Å²) in [6, 6.07) is 10.2. The number of β-amino-alcohol motifs (C(OH)–C–C–N with tert-alkyl or cyclic N) is 1. The lowest BCUT2D eigenvalue weighted by Crippen LogP contribution is -2.26. The Hall–Kier alpha value is -1.82. The molecule has 0 amide bonds. The maximum Gasteiger partial charge on any atom is 0.0717 e. The van der Waals surface area contributed by atoms with Gasteiger partial charge in [-0.25, -0.2) is 0 Å². The number of rotatable bonds is 7. The van der Waals surface area contributed by atoms with Gasteiger partial charge in [0.1, 0.15) is 0 Å². The predicted octanol–water partition coefficient (Wildman–Crippen LogP) is 1.53. The SMILES string of the molecule is O[C@@H]1CN(CCOCc2ccccc2)C[C@H]1Cc1cnccn1. The van der Waals surface area contributed by atoms with Crippen molar-refractivity contribution in [1.29, 1.82) is 0 Å². The second kappa shape index (κ2) is 8.15. The summed E-state index contributed by atoms with van der Waals surface area (Å²) in [5, 5.41) is 10.2. The normalized spacial score (nSPS) is 21.6. The third-order valence-corrected chi connectivity index (χ3v) is 4.23. The number of likely N-dealkylation sites (tertiary alicyclic amines) is 1. The third-order valence-electron chi connectivity index (χ3n) is 4.23. The van der Waals surface area contributed by atoms with Crippen LogP contribution in [0.15, 0.2) is 48.9 Å². The molecule has 122 valence electrons. The van der Waals surface area contributed by atoms with Crippen molar-refractivity contribution in [2.45, 2.75) is 19.1 Å². The average Bonchev–Trinajstić information content (AvgIpc) is 2.93. The van der Waals surface area contributed by atoms with Crippen molar-refractivity contribution in [3.63, 3.8) is 0 Å². The molecule has 23 heavy (non-hydrogen) atoms. The number of ether oxygens (including phenoxy) is 1. The molecule has 1 N–H and O–H groups in total. The summed E-state index contributed by atoms with van der Waals surface area (Å²) in [5.74, 6) is 0.223. The fourth-order valence-electron chi connectivity index (χ4n) is 2.99. The minimum atomic E-state index is -0.300. The molecule has 0 spiro atoms. The summed E-state index contributed by atoms with van der Waals surface area (Å²) in [5.41, 5.74) is 2.13. The van der Waals surface area contributed by atoms with Crippen LogP contribution < -0.4 is 0 Å². The van der Waals surface area contributed by atoms with E-state index < -0.39 is 0 Å². The molecule has 1 fully saturated rings. The van der Waals surface area contributed by atoms with Crippen LogP contribution in [0.1, 0.15) is 11.3 Å². The van der Waals surface area contributed by atoms with E-state index in [2.05, 4.69) is 27.0 Å². The number of nitrogens with zero attached hydrogens (tertiary/aromatic N) is 3. The Morgan fingerprint density at radius 3 is 2.83 bits per heavy atom. The molecule has 1 aromatic heterocycles. The molecule has 0 aliphatic carbocycles. The summed E-state index contributed by atoms with van der Waals surface area (Å²) in [7, 11) is 0. The smallest absolute Gasteiger partial charge is 0.0717 e. The van der Waals surface area contributed by atoms with Gasteiger partial charge in [-0.3, -0.25) is 14.9 Å². The van der Waals surface area contributed by atoms with Gasteiger partial charge in [0.05, 0.1) is 25.0 Å². The van der Waals surface area contributed by atoms with Gasteiger partial charge in [0.15, 0.2) is 0 Å². The van der Waals surface area contributed by atoms with Crippen LogP contribution >= 0.6 is 0 Å². The van der Waals surface area contributed by atoms with Crippen LogP contribution in [-0.4, -0.2) is 52.3 Å². The van der Waals surface area contributed by atoms with E-state index in [0.717, 1.165) is 25.2 Å². The molecule has 0 saturated carbocycles. The number of aliphatic hydroxyl groups is 1. The van der Waals surface area contributed by atoms with E-state index in [1.54, 1.807) is 18.6 Å². The van der Waals surface area contributed by atoms with E-state index in [1.807, 2.05) is 18.2 Å². The van der Waals surface area contributed by atoms with Crippen molar-refractivity contribution in [3.8, 4) is 0 Å². The van der Waals surface area contributed by atoms with Crippen LogP contribution in [0.3, 0.4) is 0 Å². The molecule has 5 nitrogen and oxygen atoms in total. The molecule has 3 rings (SSSR count). The fraction of sp³-hybridized carbons (Fsp3) is 0.444. The van der Waals surface area contributed by atoms with Crippen molar-refractivity contribution < 1.29 is 9.84 Å². The zero-order valence-electron chi connectivity index (χ0n) is 13.2. The van der Waals surface area contributed by atoms with Crippen LogP contribution in [0.5, 0.6) is 0 Å². The van der Waals surface area contributed by atoms with Crippen LogP contribution in [0.25, 0.3) is 0 Å². The highest BCUT2D eigenvalue weighted by atomic mass is 16.5. The highest BCUT2D eigenvalue weighted by molar-refractivity contribution is 5.13. The molecule has 5 heteroatoms. The summed E-state index contributed by atoms with van der Waals surface area (Å²) in [4.78, 5) is 10.6. The lowest BCUT2D eigenvalue weighted by atomic mass is 10.0. The van der Waals surface area contributed by atoms with Gasteiger partial charge in [0.2, 0.25) is 0 Å². The molecule has 0 radical (unpaired) electrons. The van der Waals surface area contributed by atoms with Gasteiger partial charge in [0.25, 0.3) is 0 Å². The van der Waals surface area contributed by atoms with Crippen LogP contribution in [0.4, 0.5) is 0 Å². The van der Waals surface area contributed by atoms with Crippen molar-refractivity contribution in [3.05, 3.63) is 60.2 Å². The third kappa shape index (κ3) is 4.82. The van der Waals surface area contributed by atoms with Gasteiger partial charge in [-0.15, -0.1) is 0 Å². The first-order valence-electron chi connectivity index (χ1n) is 8.08. The minimum Gasteiger partial charge on any atom is -0.391 e. The zero-order chi connectivity index (χ0) is 15.9. The largest absolute Gasteiger partial charge is 0.391 e. The molecule has 1 aromatic carbocycles. The summed E-state index contributed by atoms with van der Waals surface area (Å²) < 4.78 is 5.72. The number of benzene rings is 1. The van der Waals surface area contributed by atoms with E-state index >= 15 is 0 Å². The maximum absolute atomic E-state index is 10.2. The van der Waals surface area contributed by atoms with Gasteiger partial charge in [-0.1, -0.05) is 30.3 Å². The second-order valence-electron chi connectivity index (χ2n) is 6.03. The first kappa shape index (κ1) is 16.1. The summed E-state index contributed by atoms with van der Waals surface area (Å²) >= 11 is 0. The zero-order valence-corrected chi connectivity index (χ0v) is 13.2. The number of aromatic nitrogens is 2. The van der Waals surface area contributed by atoms with Crippen molar-refractivity contribution >= 4 is 0 Å². The molecule has 1 saturated heterocycles. The first-order chi connectivity index (χ1) is 11.3. The second-order valence-corrected chi connectivity index (χ2v) is 6.03. The molecular weight excluding hydrogens is 290 g/mol. The maximum atomic E-state index is 10.2. The Kier molecular flexibility index (Phi) is 5.69. The summed E-state index contributed by atoms with van der Waals surface area (Å²) in [6.45, 7) is 3.76. The van der Waals surface area contributed by atoms with Gasteiger partial charge in [-0.05, 0) is 12.0 Å². The van der Waals surface area contributed by atoms with Crippen molar-refractivity contribution in [2.24, 2.45) is 5.92 Å². The van der Waals surface area contributed by atoms with Crippen LogP contribution in [-0.2, 0) is 17.8 Å². The number of hydrogen-bond donors (Lipinski definition) is 1. The van der Waals surface area contributed by atoms with Crippen molar-refractivity contribution in [2.75, 3.05) is 26.2 Å². The Balaban J connectivity index is 1.38. The molecule has 2 aromatic rings. The van der Waals surface area contributed by atoms with E-state index in [1.165, 1.54) is 5.56 Å². The van der Waals surface area contributed by atoms with Crippen LogP contribution in [0, 0.1) is 5.92 Å². The van der Waals surface area contributed by atoms with Crippen LogP contribution in [0.2, 0.25) is 0 Å². The van der Waals surface area contributed by atoms with E-state index in [9.17, 15) is 5.11 Å². The highest BCUT2D eigenvalue weighted by Gasteiger charge is 2.31. The molecular formula is C18H23N3O2. The molecule has 1 aliphatic heterocycles. The number of aliphatic hydroxyl groups excluding tert-OH is 1. The molecule has 0 unspecified atom stereocenters. The van der Waals surface area contributed by atoms with E-state index in [-0.39, 0.29) is 12.0 Å². The van der Waals surface area contributed by atoms with Gasteiger partial charge < -0.3 is 9.84 Å². The standard InChI is InChI=1S/C18H23N3O2/c22-18-13-21(8-9-23-14-15-4-2-1-3-5-15)12-16(18)10-17-11-19-6-7-20-17/h1-7,11,16,18,22H,8-10,12-14H2/t16-,18-/m1/s1. The van der Waals surface area contributed by atoms with Gasteiger partial charge in [0, 0.05) is 44.1 Å². The quantitative estimate of drug-likeness (QED) is 0.786. The van der Waals surface area contributed by atoms with Gasteiger partial charge in [-0.2, -0.15) is 0 Å². The van der Waals surface area contributed by atoms with Crippen molar-refractivity contribution in [1.82, 2.24) is 14.9 Å². The van der Waals surface area contributed by atoms with E-state index in [4.69, 9.17) is 4.74 Å². The molecule has 0 bridgehead atoms. The lowest BCUT2D eigenvalue weighted by molar-refractivity contribution is 0.0935. The predicted molar refractivity (Wildman–Crippen MR) is 87.8 cm³/mol. The first-order valence-corrected chi connectivity index (χ1v) is 8.08. The Morgan fingerprint density at radius 2 is 2.04 bits per heavy atom. The Bertz CT molecular complexity index is 579. The monoisotopic (exact) mass is 313 g/mol. The molecule has 2 heterocycles. The Morgan fingerprint density at radius 1 is 1.17 bits per heavy atom. The van der Waals surface area contributed by atoms with Gasteiger partial charge >= 0.3 is 0 Å². The minimum absolute atomic E-state index is 0.223. The van der Waals surface area contributed by atoms with E-state index in [0.29, 0.717) is 19.8 Å². The lowest BCUT2D eigenvalue weighted by Gasteiger charge is -2.15.